The lowest BCUT2D eigenvalue weighted by Gasteiger charge is -1.97. The molecule has 16 heavy (non-hydrogen) atoms. The molecule has 1 heterocycles. The Balaban J connectivity index is 0.00000225. The largest absolute Gasteiger partial charge is 1.00 e. The van der Waals surface area contributed by atoms with Gasteiger partial charge in [-0.2, -0.15) is 4.79 Å². The van der Waals surface area contributed by atoms with Gasteiger partial charge in [0.25, 0.3) is 0 Å². The summed E-state index contributed by atoms with van der Waals surface area (Å²) in [6, 6.07) is 3.13. The number of esters is 1. The van der Waals surface area contributed by atoms with Gasteiger partial charge in [0.05, 0.1) is 13.7 Å². The molecule has 0 radical (unpaired) electrons. The molecule has 0 atom stereocenters. The average Bonchev–Trinajstić information content (AvgIpc) is 2.28. The first-order valence-corrected chi connectivity index (χ1v) is 4.45. The van der Waals surface area contributed by atoms with Gasteiger partial charge in [-0.15, -0.1) is 0 Å². The van der Waals surface area contributed by atoms with Crippen molar-refractivity contribution in [1.82, 2.24) is 0 Å². The molecule has 0 N–H and O–H groups in total. The molecule has 1 rings (SSSR count). The van der Waals surface area contributed by atoms with E-state index < -0.39 is 12.1 Å². The van der Waals surface area contributed by atoms with Crippen molar-refractivity contribution < 1.29 is 36.0 Å². The maximum atomic E-state index is 11.3. The zero-order valence-electron chi connectivity index (χ0n) is 8.97. The summed E-state index contributed by atoms with van der Waals surface area (Å²) in [6.45, 7) is 2.00. The van der Waals surface area contributed by atoms with Gasteiger partial charge in [0.15, 0.2) is 12.4 Å². The first-order chi connectivity index (χ1) is 7.19. The highest BCUT2D eigenvalue weighted by Crippen LogP contribution is 1.96. The van der Waals surface area contributed by atoms with Crippen LogP contribution < -0.4 is 17.0 Å². The molecule has 0 saturated carbocycles. The number of nitrogens with zero attached hydrogens (tertiary/aromatic N) is 1. The molecule has 0 fully saturated rings. The maximum absolute atomic E-state index is 11.3. The van der Waals surface area contributed by atoms with Crippen molar-refractivity contribution >= 4 is 12.1 Å². The highest BCUT2D eigenvalue weighted by molar-refractivity contribution is 5.88. The molecule has 1 aromatic rings. The highest BCUT2D eigenvalue weighted by Gasteiger charge is 2.18. The van der Waals surface area contributed by atoms with Gasteiger partial charge in [0, 0.05) is 6.07 Å². The Hall–Kier alpha value is -1.62. The van der Waals surface area contributed by atoms with Gasteiger partial charge in [-0.3, -0.25) is 0 Å². The number of methoxy groups -OCH3 is 1. The Morgan fingerprint density at radius 3 is 2.69 bits per heavy atom. The Kier molecular flexibility index (Phi) is 6.10. The fraction of sp³-hybridized carbons (Fsp3) is 0.300. The predicted molar refractivity (Wildman–Crippen MR) is 50.4 cm³/mol. The van der Waals surface area contributed by atoms with Gasteiger partial charge in [-0.25, -0.2) is 4.79 Å². The molecule has 88 valence electrons. The lowest BCUT2D eigenvalue weighted by atomic mass is 10.3. The SMILES string of the molecule is CCOC(=O)[n+]1cccc(C(=O)OC)c1.[Cl-]. The van der Waals surface area contributed by atoms with Crippen LogP contribution in [0.4, 0.5) is 4.79 Å². The topological polar surface area (TPSA) is 56.5 Å². The lowest BCUT2D eigenvalue weighted by Crippen LogP contribution is -3.00. The van der Waals surface area contributed by atoms with Crippen LogP contribution >= 0.6 is 0 Å². The fourth-order valence-electron chi connectivity index (χ4n) is 1.03. The van der Waals surface area contributed by atoms with Gasteiger partial charge in [-0.1, -0.05) is 4.57 Å². The van der Waals surface area contributed by atoms with Crippen LogP contribution in [0.15, 0.2) is 24.5 Å². The number of ether oxygens (including phenoxy) is 2. The number of rotatable bonds is 2. The Labute approximate surface area is 99.4 Å². The van der Waals surface area contributed by atoms with Crippen molar-refractivity contribution in [2.45, 2.75) is 6.92 Å². The first-order valence-electron chi connectivity index (χ1n) is 4.45. The third-order valence-electron chi connectivity index (χ3n) is 1.70. The first kappa shape index (κ1) is 14.4. The number of pyridine rings is 1. The summed E-state index contributed by atoms with van der Waals surface area (Å²) in [5.41, 5.74) is 0.299. The molecule has 0 bridgehead atoms. The molecule has 0 unspecified atom stereocenters. The third kappa shape index (κ3) is 3.51. The number of hydrogen-bond donors (Lipinski definition) is 0. The molecular weight excluding hydrogens is 234 g/mol. The second kappa shape index (κ2) is 6.79. The van der Waals surface area contributed by atoms with Crippen LogP contribution in [0, 0.1) is 0 Å². The van der Waals surface area contributed by atoms with E-state index in [9.17, 15) is 9.59 Å². The normalized spacial score (nSPS) is 8.88. The van der Waals surface area contributed by atoms with E-state index in [2.05, 4.69) is 4.74 Å². The van der Waals surface area contributed by atoms with Crippen LogP contribution in [-0.2, 0) is 9.47 Å². The second-order valence-electron chi connectivity index (χ2n) is 2.69. The van der Waals surface area contributed by atoms with Gasteiger partial charge in [0.1, 0.15) is 5.56 Å². The summed E-state index contributed by atoms with van der Waals surface area (Å²) in [7, 11) is 1.28. The third-order valence-corrected chi connectivity index (χ3v) is 1.70. The molecule has 0 aliphatic rings. The van der Waals surface area contributed by atoms with E-state index in [1.807, 2.05) is 0 Å². The van der Waals surface area contributed by atoms with Gasteiger partial charge in [0.2, 0.25) is 0 Å². The van der Waals surface area contributed by atoms with Crippen LogP contribution in [0.5, 0.6) is 0 Å². The summed E-state index contributed by atoms with van der Waals surface area (Å²) in [5, 5.41) is 0. The summed E-state index contributed by atoms with van der Waals surface area (Å²) in [5.74, 6) is -0.492. The molecule has 1 aromatic heterocycles. The molecule has 5 nitrogen and oxygen atoms in total. The number of carbonyl (C=O) groups is 2. The lowest BCUT2D eigenvalue weighted by molar-refractivity contribution is -0.586. The molecule has 0 spiro atoms. The molecule has 0 aromatic carbocycles. The Morgan fingerprint density at radius 2 is 2.12 bits per heavy atom. The minimum atomic E-state index is -0.525. The maximum Gasteiger partial charge on any atom is 0.601 e. The van der Waals surface area contributed by atoms with Crippen LogP contribution in [0.2, 0.25) is 0 Å². The van der Waals surface area contributed by atoms with Crippen molar-refractivity contribution in [1.29, 1.82) is 0 Å². The Bertz CT molecular complexity index is 381. The molecule has 0 aliphatic heterocycles. The average molecular weight is 246 g/mol. The van der Waals surface area contributed by atoms with E-state index in [4.69, 9.17) is 4.74 Å². The molecule has 0 saturated heterocycles. The van der Waals surface area contributed by atoms with Crippen molar-refractivity contribution in [2.75, 3.05) is 13.7 Å². The van der Waals surface area contributed by atoms with E-state index in [-0.39, 0.29) is 19.0 Å². The highest BCUT2D eigenvalue weighted by atomic mass is 35.5. The van der Waals surface area contributed by atoms with Gasteiger partial charge in [-0.05, 0) is 13.0 Å². The quantitative estimate of drug-likeness (QED) is 0.437. The smallest absolute Gasteiger partial charge is 0.601 e. The molecular formula is C10H12ClNO4. The van der Waals surface area contributed by atoms with E-state index in [1.54, 1.807) is 19.1 Å². The fourth-order valence-corrected chi connectivity index (χ4v) is 1.03. The standard InChI is InChI=1S/C10H12NO4.ClH/c1-3-15-10(13)11-6-4-5-8(7-11)9(12)14-2;/h4-7H,3H2,1-2H3;1H/q+1;/p-1. The second-order valence-corrected chi connectivity index (χ2v) is 2.69. The summed E-state index contributed by atoms with van der Waals surface area (Å²) >= 11 is 0. The van der Waals surface area contributed by atoms with E-state index >= 15 is 0 Å². The number of aromatic nitrogens is 1. The Morgan fingerprint density at radius 1 is 1.44 bits per heavy atom. The zero-order chi connectivity index (χ0) is 11.3. The summed E-state index contributed by atoms with van der Waals surface area (Å²) in [4.78, 5) is 22.5. The number of hydrogen-bond acceptors (Lipinski definition) is 4. The molecule has 0 amide bonds. The minimum absolute atomic E-state index is 0. The number of halogens is 1. The molecule has 6 heteroatoms. The number of carbonyl (C=O) groups excluding carboxylic acids is 2. The van der Waals surface area contributed by atoms with E-state index in [1.165, 1.54) is 24.1 Å². The van der Waals surface area contributed by atoms with E-state index in [0.717, 1.165) is 0 Å². The predicted octanol–water partition coefficient (Wildman–Crippen LogP) is -2.23. The van der Waals surface area contributed by atoms with E-state index in [0.29, 0.717) is 5.56 Å². The van der Waals surface area contributed by atoms with Gasteiger partial charge >= 0.3 is 12.1 Å². The van der Waals surface area contributed by atoms with Crippen molar-refractivity contribution in [2.24, 2.45) is 0 Å². The van der Waals surface area contributed by atoms with Crippen molar-refractivity contribution in [3.8, 4) is 0 Å². The summed E-state index contributed by atoms with van der Waals surface area (Å²) < 4.78 is 10.5. The van der Waals surface area contributed by atoms with Crippen molar-refractivity contribution in [3.05, 3.63) is 30.1 Å². The van der Waals surface area contributed by atoms with Gasteiger partial charge < -0.3 is 21.9 Å². The monoisotopic (exact) mass is 245 g/mol. The molecule has 0 aliphatic carbocycles. The zero-order valence-corrected chi connectivity index (χ0v) is 9.73. The summed E-state index contributed by atoms with van der Waals surface area (Å²) in [6.07, 6.45) is 2.34. The van der Waals surface area contributed by atoms with Crippen LogP contribution in [0.25, 0.3) is 0 Å². The van der Waals surface area contributed by atoms with Crippen molar-refractivity contribution in [3.63, 3.8) is 0 Å². The van der Waals surface area contributed by atoms with Crippen LogP contribution in [0.3, 0.4) is 0 Å². The van der Waals surface area contributed by atoms with Crippen LogP contribution in [-0.4, -0.2) is 25.8 Å². The van der Waals surface area contributed by atoms with Crippen LogP contribution in [0.1, 0.15) is 17.3 Å². The minimum Gasteiger partial charge on any atom is -1.00 e.